The minimum absolute atomic E-state index is 0.00849. The second kappa shape index (κ2) is 13.2. The van der Waals surface area contributed by atoms with Gasteiger partial charge in [0.05, 0.1) is 15.6 Å². The summed E-state index contributed by atoms with van der Waals surface area (Å²) in [6.07, 6.45) is 1.06. The number of alkyl halides is 3. The minimum atomic E-state index is -4.40. The Bertz CT molecular complexity index is 1140. The van der Waals surface area contributed by atoms with Crippen LogP contribution in [0.1, 0.15) is 55.6 Å². The lowest BCUT2D eigenvalue weighted by Gasteiger charge is -2.32. The zero-order valence-corrected chi connectivity index (χ0v) is 23.0. The van der Waals surface area contributed by atoms with Crippen LogP contribution in [0.15, 0.2) is 42.5 Å². The molecule has 2 atom stereocenters. The smallest absolute Gasteiger partial charge is 0.356 e. The largest absolute Gasteiger partial charge is 0.416 e. The molecule has 1 heterocycles. The van der Waals surface area contributed by atoms with Gasteiger partial charge in [0.2, 0.25) is 5.91 Å². The molecule has 1 aliphatic heterocycles. The molecule has 2 aromatic rings. The van der Waals surface area contributed by atoms with E-state index in [2.05, 4.69) is 20.9 Å². The van der Waals surface area contributed by atoms with Crippen LogP contribution in [-0.4, -0.2) is 49.1 Å². The number of carbonyl (C=O) groups is 2. The Hall–Kier alpha value is -2.49. The molecular weight excluding hydrogens is 552 g/mol. The summed E-state index contributed by atoms with van der Waals surface area (Å²) >= 11 is 12.1. The Balaban J connectivity index is 1.03. The van der Waals surface area contributed by atoms with Gasteiger partial charge in [-0.05, 0) is 86.5 Å². The number of rotatable bonds is 10. The summed E-state index contributed by atoms with van der Waals surface area (Å²) in [6, 6.07) is 9.56. The van der Waals surface area contributed by atoms with Crippen LogP contribution in [0.3, 0.4) is 0 Å². The summed E-state index contributed by atoms with van der Waals surface area (Å²) in [5.74, 6) is 0.324. The van der Waals surface area contributed by atoms with E-state index in [0.29, 0.717) is 22.3 Å². The van der Waals surface area contributed by atoms with E-state index in [-0.39, 0.29) is 23.8 Å². The van der Waals surface area contributed by atoms with E-state index in [1.807, 2.05) is 12.1 Å². The van der Waals surface area contributed by atoms with E-state index < -0.39 is 17.8 Å². The fraction of sp³-hybridized carbons (Fsp3) is 0.500. The van der Waals surface area contributed by atoms with Crippen molar-refractivity contribution >= 4 is 40.8 Å². The Labute approximate surface area is 236 Å². The summed E-state index contributed by atoms with van der Waals surface area (Å²) in [7, 11) is 0. The Kier molecular flexibility index (Phi) is 10.0. The summed E-state index contributed by atoms with van der Waals surface area (Å²) in [5.41, 5.74) is 0.624. The lowest BCUT2D eigenvalue weighted by molar-refractivity contribution is -0.137. The molecule has 3 N–H and O–H groups in total. The summed E-state index contributed by atoms with van der Waals surface area (Å²) in [6.45, 7) is 3.39. The first-order valence-corrected chi connectivity index (χ1v) is 14.1. The van der Waals surface area contributed by atoms with Crippen LogP contribution >= 0.6 is 23.2 Å². The van der Waals surface area contributed by atoms with Crippen molar-refractivity contribution in [3.05, 3.63) is 63.6 Å². The quantitative estimate of drug-likeness (QED) is 0.272. The third-order valence-electron chi connectivity index (χ3n) is 7.34. The maximum absolute atomic E-state index is 12.7. The first kappa shape index (κ1) is 29.5. The number of hydrogen-bond donors (Lipinski definition) is 3. The van der Waals surface area contributed by atoms with E-state index in [1.165, 1.54) is 12.1 Å². The predicted molar refractivity (Wildman–Crippen MR) is 147 cm³/mol. The molecule has 212 valence electrons. The number of benzene rings is 2. The maximum atomic E-state index is 12.7. The Morgan fingerprint density at radius 3 is 2.33 bits per heavy atom. The van der Waals surface area contributed by atoms with Crippen molar-refractivity contribution in [2.45, 2.75) is 56.7 Å². The standard InChI is InChI=1S/C28H33Cl2F3N4O2/c29-24-9-4-18(16-25(24)30)22-17-23(22)26(38)34-12-2-1-3-13-37-14-10-21(11-15-37)36-27(39)35-20-7-5-19(6-8-20)28(31,32)33/h4-9,16,21-23H,1-3,10-15,17H2,(H,34,38)(H2,35,36,39)/t22-,23+/m0/s1. The van der Waals surface area contributed by atoms with Crippen molar-refractivity contribution in [2.75, 3.05) is 31.5 Å². The normalized spacial score (nSPS) is 19.9. The van der Waals surface area contributed by atoms with Crippen molar-refractivity contribution in [1.82, 2.24) is 15.5 Å². The van der Waals surface area contributed by atoms with Crippen LogP contribution < -0.4 is 16.0 Å². The highest BCUT2D eigenvalue weighted by Crippen LogP contribution is 2.48. The summed E-state index contributed by atoms with van der Waals surface area (Å²) in [5, 5.41) is 9.59. The van der Waals surface area contributed by atoms with E-state index in [0.717, 1.165) is 75.9 Å². The maximum Gasteiger partial charge on any atom is 0.416 e. The minimum Gasteiger partial charge on any atom is -0.356 e. The van der Waals surface area contributed by atoms with Crippen molar-refractivity contribution in [3.8, 4) is 0 Å². The van der Waals surface area contributed by atoms with Gasteiger partial charge in [0.25, 0.3) is 0 Å². The lowest BCUT2D eigenvalue weighted by atomic mass is 10.0. The average molecular weight is 585 g/mol. The fourth-order valence-electron chi connectivity index (χ4n) is 4.97. The molecule has 2 fully saturated rings. The first-order valence-electron chi connectivity index (χ1n) is 13.3. The third kappa shape index (κ3) is 8.75. The van der Waals surface area contributed by atoms with Crippen LogP contribution in [0.4, 0.5) is 23.7 Å². The van der Waals surface area contributed by atoms with Crippen LogP contribution in [0, 0.1) is 5.92 Å². The zero-order chi connectivity index (χ0) is 28.0. The molecule has 39 heavy (non-hydrogen) atoms. The molecule has 0 radical (unpaired) electrons. The number of hydrogen-bond acceptors (Lipinski definition) is 3. The molecule has 1 saturated heterocycles. The number of carbonyl (C=O) groups excluding carboxylic acids is 2. The first-order chi connectivity index (χ1) is 18.6. The molecule has 0 bridgehead atoms. The molecule has 4 rings (SSSR count). The van der Waals surface area contributed by atoms with Gasteiger partial charge < -0.3 is 20.9 Å². The molecule has 3 amide bonds. The van der Waals surface area contributed by atoms with Gasteiger partial charge >= 0.3 is 12.2 Å². The Morgan fingerprint density at radius 1 is 0.949 bits per heavy atom. The number of urea groups is 1. The number of nitrogens with one attached hydrogen (secondary N) is 3. The molecular formula is C28H33Cl2F3N4O2. The van der Waals surface area contributed by atoms with Crippen molar-refractivity contribution in [3.63, 3.8) is 0 Å². The third-order valence-corrected chi connectivity index (χ3v) is 8.08. The molecule has 1 saturated carbocycles. The van der Waals surface area contributed by atoms with Gasteiger partial charge in [0, 0.05) is 37.3 Å². The van der Waals surface area contributed by atoms with E-state index >= 15 is 0 Å². The van der Waals surface area contributed by atoms with E-state index in [9.17, 15) is 22.8 Å². The molecule has 0 unspecified atom stereocenters. The summed E-state index contributed by atoms with van der Waals surface area (Å²) < 4.78 is 38.0. The highest BCUT2D eigenvalue weighted by molar-refractivity contribution is 6.42. The van der Waals surface area contributed by atoms with Crippen LogP contribution in [0.25, 0.3) is 0 Å². The molecule has 0 spiro atoms. The highest BCUT2D eigenvalue weighted by Gasteiger charge is 2.43. The average Bonchev–Trinajstić information content (AvgIpc) is 3.69. The van der Waals surface area contributed by atoms with E-state index in [4.69, 9.17) is 23.2 Å². The molecule has 11 heteroatoms. The fourth-order valence-corrected chi connectivity index (χ4v) is 5.28. The van der Waals surface area contributed by atoms with Gasteiger partial charge in [0.1, 0.15) is 0 Å². The second-order valence-corrected chi connectivity index (χ2v) is 11.1. The number of anilines is 1. The number of nitrogens with zero attached hydrogens (tertiary/aromatic N) is 1. The number of piperidine rings is 1. The van der Waals surface area contributed by atoms with Crippen molar-refractivity contribution in [1.29, 1.82) is 0 Å². The molecule has 6 nitrogen and oxygen atoms in total. The van der Waals surface area contributed by atoms with Crippen LogP contribution in [0.2, 0.25) is 10.0 Å². The summed E-state index contributed by atoms with van der Waals surface area (Å²) in [4.78, 5) is 27.0. The molecule has 0 aromatic heterocycles. The van der Waals surface area contributed by atoms with E-state index in [1.54, 1.807) is 6.07 Å². The van der Waals surface area contributed by atoms with Gasteiger partial charge in [-0.15, -0.1) is 0 Å². The van der Waals surface area contributed by atoms with Crippen molar-refractivity contribution in [2.24, 2.45) is 5.92 Å². The van der Waals surface area contributed by atoms with Gasteiger partial charge in [-0.1, -0.05) is 35.7 Å². The molecule has 2 aliphatic rings. The van der Waals surface area contributed by atoms with Crippen LogP contribution in [-0.2, 0) is 11.0 Å². The number of unbranched alkanes of at least 4 members (excludes halogenated alkanes) is 2. The number of likely N-dealkylation sites (tertiary alicyclic amines) is 1. The van der Waals surface area contributed by atoms with Crippen LogP contribution in [0.5, 0.6) is 0 Å². The SMILES string of the molecule is O=C(Nc1ccc(C(F)(F)F)cc1)NC1CCN(CCCCCNC(=O)[C@@H]2C[C@H]2c2ccc(Cl)c(Cl)c2)CC1. The Morgan fingerprint density at radius 2 is 1.67 bits per heavy atom. The van der Waals surface area contributed by atoms with Gasteiger partial charge in [0.15, 0.2) is 0 Å². The number of halogens is 5. The number of amides is 3. The highest BCUT2D eigenvalue weighted by atomic mass is 35.5. The zero-order valence-electron chi connectivity index (χ0n) is 21.5. The topological polar surface area (TPSA) is 73.5 Å². The van der Waals surface area contributed by atoms with Crippen molar-refractivity contribution < 1.29 is 22.8 Å². The van der Waals surface area contributed by atoms with Gasteiger partial charge in [-0.3, -0.25) is 4.79 Å². The van der Waals surface area contributed by atoms with Gasteiger partial charge in [-0.25, -0.2) is 4.79 Å². The molecule has 1 aliphatic carbocycles. The monoisotopic (exact) mass is 584 g/mol. The predicted octanol–water partition coefficient (Wildman–Crippen LogP) is 6.69. The molecule has 2 aromatic carbocycles. The lowest BCUT2D eigenvalue weighted by Crippen LogP contribution is -2.46. The second-order valence-electron chi connectivity index (χ2n) is 10.3. The van der Waals surface area contributed by atoms with Gasteiger partial charge in [-0.2, -0.15) is 13.2 Å².